The Morgan fingerprint density at radius 1 is 1.10 bits per heavy atom. The van der Waals surface area contributed by atoms with Crippen LogP contribution in [0, 0.1) is 20.8 Å². The molecule has 1 heterocycles. The molecular weight excluding hydrogens is 260 g/mol. The third-order valence-corrected chi connectivity index (χ3v) is 4.37. The third kappa shape index (κ3) is 4.57. The van der Waals surface area contributed by atoms with Crippen LogP contribution >= 0.6 is 0 Å². The summed E-state index contributed by atoms with van der Waals surface area (Å²) in [6, 6.07) is 4.48. The Labute approximate surface area is 128 Å². The maximum Gasteiger partial charge on any atom is 0.222 e. The molecular formula is C18H28N2O. The lowest BCUT2D eigenvalue weighted by Crippen LogP contribution is -2.36. The SMILES string of the molecule is Cc1cc(C)c(CNCCN2CCCCCC2=O)c(C)c1. The number of carbonyl (C=O) groups excluding carboxylic acids is 1. The van der Waals surface area contributed by atoms with Gasteiger partial charge in [0.15, 0.2) is 0 Å². The van der Waals surface area contributed by atoms with Crippen LogP contribution in [-0.2, 0) is 11.3 Å². The summed E-state index contributed by atoms with van der Waals surface area (Å²) in [4.78, 5) is 13.9. The van der Waals surface area contributed by atoms with Gasteiger partial charge in [-0.3, -0.25) is 4.79 Å². The van der Waals surface area contributed by atoms with Crippen LogP contribution in [0.15, 0.2) is 12.1 Å². The van der Waals surface area contributed by atoms with Gasteiger partial charge in [-0.05, 0) is 50.3 Å². The van der Waals surface area contributed by atoms with E-state index in [1.165, 1.54) is 28.7 Å². The fourth-order valence-electron chi connectivity index (χ4n) is 3.19. The van der Waals surface area contributed by atoms with Gasteiger partial charge in [0.2, 0.25) is 5.91 Å². The maximum atomic E-state index is 11.9. The molecule has 0 saturated carbocycles. The molecule has 116 valence electrons. The van der Waals surface area contributed by atoms with Crippen molar-refractivity contribution in [2.45, 2.75) is 53.0 Å². The van der Waals surface area contributed by atoms with Gasteiger partial charge in [0, 0.05) is 32.6 Å². The number of rotatable bonds is 5. The zero-order valence-corrected chi connectivity index (χ0v) is 13.7. The van der Waals surface area contributed by atoms with E-state index in [-0.39, 0.29) is 0 Å². The van der Waals surface area contributed by atoms with E-state index in [4.69, 9.17) is 0 Å². The molecule has 0 aromatic heterocycles. The molecule has 3 heteroatoms. The Balaban J connectivity index is 1.80. The molecule has 1 fully saturated rings. The Morgan fingerprint density at radius 2 is 1.81 bits per heavy atom. The first-order valence-corrected chi connectivity index (χ1v) is 8.13. The van der Waals surface area contributed by atoms with Gasteiger partial charge >= 0.3 is 0 Å². The van der Waals surface area contributed by atoms with Gasteiger partial charge < -0.3 is 10.2 Å². The minimum atomic E-state index is 0.331. The van der Waals surface area contributed by atoms with Crippen LogP contribution < -0.4 is 5.32 Å². The predicted molar refractivity (Wildman–Crippen MR) is 87.4 cm³/mol. The summed E-state index contributed by atoms with van der Waals surface area (Å²) in [6.45, 7) is 10.0. The van der Waals surface area contributed by atoms with Gasteiger partial charge in [0.05, 0.1) is 0 Å². The van der Waals surface area contributed by atoms with Crippen molar-refractivity contribution in [1.82, 2.24) is 10.2 Å². The summed E-state index contributed by atoms with van der Waals surface area (Å²) < 4.78 is 0. The van der Waals surface area contributed by atoms with Gasteiger partial charge in [-0.15, -0.1) is 0 Å². The van der Waals surface area contributed by atoms with Crippen LogP contribution in [0.2, 0.25) is 0 Å². The van der Waals surface area contributed by atoms with Crippen molar-refractivity contribution < 1.29 is 4.79 Å². The fraction of sp³-hybridized carbons (Fsp3) is 0.611. The summed E-state index contributed by atoms with van der Waals surface area (Å²) in [7, 11) is 0. The number of hydrogen-bond donors (Lipinski definition) is 1. The van der Waals surface area contributed by atoms with E-state index in [1.54, 1.807) is 0 Å². The molecule has 0 radical (unpaired) electrons. The second-order valence-electron chi connectivity index (χ2n) is 6.25. The van der Waals surface area contributed by atoms with Crippen LogP contribution in [0.5, 0.6) is 0 Å². The van der Waals surface area contributed by atoms with E-state index in [1.807, 2.05) is 4.90 Å². The van der Waals surface area contributed by atoms with Crippen LogP contribution in [0.1, 0.15) is 47.9 Å². The molecule has 3 nitrogen and oxygen atoms in total. The second kappa shape index (κ2) is 7.60. The largest absolute Gasteiger partial charge is 0.341 e. The fourth-order valence-corrected chi connectivity index (χ4v) is 3.19. The Bertz CT molecular complexity index is 473. The summed E-state index contributed by atoms with van der Waals surface area (Å²) in [5.41, 5.74) is 5.42. The van der Waals surface area contributed by atoms with Crippen molar-refractivity contribution in [3.8, 4) is 0 Å². The lowest BCUT2D eigenvalue weighted by molar-refractivity contribution is -0.130. The van der Waals surface area contributed by atoms with E-state index in [0.29, 0.717) is 5.91 Å². The van der Waals surface area contributed by atoms with Crippen molar-refractivity contribution in [2.24, 2.45) is 0 Å². The average Bonchev–Trinajstić information content (AvgIpc) is 2.62. The standard InChI is InChI=1S/C18H28N2O/c1-14-11-15(2)17(16(3)12-14)13-19-8-10-20-9-6-4-5-7-18(20)21/h11-12,19H,4-10,13H2,1-3H3. The van der Waals surface area contributed by atoms with Gasteiger partial charge in [0.25, 0.3) is 0 Å². The monoisotopic (exact) mass is 288 g/mol. The van der Waals surface area contributed by atoms with E-state index in [2.05, 4.69) is 38.2 Å². The molecule has 0 spiro atoms. The molecule has 0 aliphatic carbocycles. The molecule has 0 unspecified atom stereocenters. The van der Waals surface area contributed by atoms with Crippen molar-refractivity contribution in [3.05, 3.63) is 34.4 Å². The van der Waals surface area contributed by atoms with Crippen LogP contribution in [0.4, 0.5) is 0 Å². The quantitative estimate of drug-likeness (QED) is 0.844. The normalized spacial score (nSPS) is 16.1. The minimum absolute atomic E-state index is 0.331. The average molecular weight is 288 g/mol. The van der Waals surface area contributed by atoms with Crippen LogP contribution in [0.25, 0.3) is 0 Å². The van der Waals surface area contributed by atoms with Crippen molar-refractivity contribution in [3.63, 3.8) is 0 Å². The highest BCUT2D eigenvalue weighted by atomic mass is 16.2. The van der Waals surface area contributed by atoms with Crippen molar-refractivity contribution in [2.75, 3.05) is 19.6 Å². The number of benzene rings is 1. The first-order chi connectivity index (χ1) is 10.1. The van der Waals surface area contributed by atoms with E-state index >= 15 is 0 Å². The zero-order valence-electron chi connectivity index (χ0n) is 13.7. The Hall–Kier alpha value is -1.35. The lowest BCUT2D eigenvalue weighted by Gasteiger charge is -2.21. The smallest absolute Gasteiger partial charge is 0.222 e. The predicted octanol–water partition coefficient (Wildman–Crippen LogP) is 3.10. The van der Waals surface area contributed by atoms with Gasteiger partial charge in [-0.2, -0.15) is 0 Å². The Kier molecular flexibility index (Phi) is 5.80. The highest BCUT2D eigenvalue weighted by Gasteiger charge is 2.15. The maximum absolute atomic E-state index is 11.9. The number of aryl methyl sites for hydroxylation is 3. The van der Waals surface area contributed by atoms with E-state index in [9.17, 15) is 4.79 Å². The first kappa shape index (κ1) is 16.0. The van der Waals surface area contributed by atoms with E-state index < -0.39 is 0 Å². The molecule has 0 bridgehead atoms. The minimum Gasteiger partial charge on any atom is -0.341 e. The lowest BCUT2D eigenvalue weighted by atomic mass is 10.00. The summed E-state index contributed by atoms with van der Waals surface area (Å²) >= 11 is 0. The number of nitrogens with one attached hydrogen (secondary N) is 1. The number of amides is 1. The molecule has 2 rings (SSSR count). The number of likely N-dealkylation sites (tertiary alicyclic amines) is 1. The number of carbonyl (C=O) groups is 1. The molecule has 1 aromatic rings. The molecule has 1 aliphatic heterocycles. The molecule has 1 aromatic carbocycles. The zero-order chi connectivity index (χ0) is 15.2. The van der Waals surface area contributed by atoms with Gasteiger partial charge in [-0.25, -0.2) is 0 Å². The molecule has 1 aliphatic rings. The number of hydrogen-bond acceptors (Lipinski definition) is 2. The van der Waals surface area contributed by atoms with Crippen LogP contribution in [-0.4, -0.2) is 30.4 Å². The Morgan fingerprint density at radius 3 is 2.52 bits per heavy atom. The molecule has 1 saturated heterocycles. The second-order valence-corrected chi connectivity index (χ2v) is 6.25. The molecule has 1 N–H and O–H groups in total. The highest BCUT2D eigenvalue weighted by molar-refractivity contribution is 5.76. The number of nitrogens with zero attached hydrogens (tertiary/aromatic N) is 1. The van der Waals surface area contributed by atoms with E-state index in [0.717, 1.165) is 45.4 Å². The molecule has 0 atom stereocenters. The van der Waals surface area contributed by atoms with Crippen molar-refractivity contribution >= 4 is 5.91 Å². The summed E-state index contributed by atoms with van der Waals surface area (Å²) in [5, 5.41) is 3.50. The first-order valence-electron chi connectivity index (χ1n) is 8.13. The van der Waals surface area contributed by atoms with Crippen molar-refractivity contribution in [1.29, 1.82) is 0 Å². The molecule has 1 amide bonds. The molecule has 21 heavy (non-hydrogen) atoms. The highest BCUT2D eigenvalue weighted by Crippen LogP contribution is 2.16. The summed E-state index contributed by atoms with van der Waals surface area (Å²) in [5.74, 6) is 0.331. The van der Waals surface area contributed by atoms with Crippen LogP contribution in [0.3, 0.4) is 0 Å². The third-order valence-electron chi connectivity index (χ3n) is 4.37. The topological polar surface area (TPSA) is 32.3 Å². The van der Waals surface area contributed by atoms with Gasteiger partial charge in [0.1, 0.15) is 0 Å². The van der Waals surface area contributed by atoms with Gasteiger partial charge in [-0.1, -0.05) is 24.1 Å². The summed E-state index contributed by atoms with van der Waals surface area (Å²) in [6.07, 6.45) is 4.14.